The van der Waals surface area contributed by atoms with Crippen LogP contribution >= 0.6 is 0 Å². The van der Waals surface area contributed by atoms with Crippen LogP contribution in [0.2, 0.25) is 0 Å². The first kappa shape index (κ1) is 9.58. The molecular formula is C8H7FN2O2. The van der Waals surface area contributed by atoms with Crippen LogP contribution in [0.15, 0.2) is 18.3 Å². The van der Waals surface area contributed by atoms with Gasteiger partial charge in [0.1, 0.15) is 6.10 Å². The van der Waals surface area contributed by atoms with Crippen LogP contribution in [0, 0.1) is 17.3 Å². The summed E-state index contributed by atoms with van der Waals surface area (Å²) in [6.07, 6.45) is -1.80. The second kappa shape index (κ2) is 3.94. The van der Waals surface area contributed by atoms with Crippen molar-refractivity contribution in [2.75, 3.05) is 0 Å². The molecule has 0 spiro atoms. The zero-order valence-corrected chi connectivity index (χ0v) is 6.55. The third-order valence-electron chi connectivity index (χ3n) is 1.52. The largest absolute Gasteiger partial charge is 0.385 e. The topological polar surface area (TPSA) is 77.1 Å². The lowest BCUT2D eigenvalue weighted by Crippen LogP contribution is -2.15. The lowest BCUT2D eigenvalue weighted by Gasteiger charge is -2.10. The molecule has 2 atom stereocenters. The van der Waals surface area contributed by atoms with Gasteiger partial charge in [0.25, 0.3) is 0 Å². The molecule has 1 heterocycles. The molecule has 0 saturated heterocycles. The van der Waals surface area contributed by atoms with Crippen molar-refractivity contribution < 1.29 is 14.6 Å². The molecule has 68 valence electrons. The predicted octanol–water partition coefficient (Wildman–Crippen LogP) is 0.139. The molecule has 0 fully saturated rings. The first-order chi connectivity index (χ1) is 6.15. The van der Waals surface area contributed by atoms with Crippen molar-refractivity contribution in [1.82, 2.24) is 4.98 Å². The molecular weight excluding hydrogens is 175 g/mol. The molecule has 1 aromatic heterocycles. The van der Waals surface area contributed by atoms with Gasteiger partial charge >= 0.3 is 0 Å². The SMILES string of the molecule is N#CC(O)C(O)c1ccnc(F)c1. The first-order valence-corrected chi connectivity index (χ1v) is 3.52. The summed E-state index contributed by atoms with van der Waals surface area (Å²) in [5, 5.41) is 26.4. The van der Waals surface area contributed by atoms with E-state index in [2.05, 4.69) is 4.98 Å². The van der Waals surface area contributed by atoms with Crippen LogP contribution in [0.5, 0.6) is 0 Å². The Bertz CT molecular complexity index is 337. The number of nitrogens with zero attached hydrogens (tertiary/aromatic N) is 2. The molecule has 13 heavy (non-hydrogen) atoms. The molecule has 2 unspecified atom stereocenters. The summed E-state index contributed by atoms with van der Waals surface area (Å²) in [6, 6.07) is 3.74. The lowest BCUT2D eigenvalue weighted by atomic mass is 10.1. The fourth-order valence-corrected chi connectivity index (χ4v) is 0.854. The maximum absolute atomic E-state index is 12.5. The molecule has 0 bridgehead atoms. The number of rotatable bonds is 2. The minimum absolute atomic E-state index is 0.126. The van der Waals surface area contributed by atoms with E-state index in [4.69, 9.17) is 10.4 Å². The van der Waals surface area contributed by atoms with Gasteiger partial charge in [-0.1, -0.05) is 0 Å². The summed E-state index contributed by atoms with van der Waals surface area (Å²) in [5.74, 6) is -0.762. The molecule has 1 aromatic rings. The highest BCUT2D eigenvalue weighted by Crippen LogP contribution is 2.15. The van der Waals surface area contributed by atoms with Crippen LogP contribution in [-0.4, -0.2) is 21.3 Å². The lowest BCUT2D eigenvalue weighted by molar-refractivity contribution is 0.0525. The van der Waals surface area contributed by atoms with E-state index >= 15 is 0 Å². The average Bonchev–Trinajstić information content (AvgIpc) is 2.15. The van der Waals surface area contributed by atoms with Gasteiger partial charge < -0.3 is 10.2 Å². The standard InChI is InChI=1S/C8H7FN2O2/c9-7-3-5(1-2-11-7)8(13)6(12)4-10/h1-3,6,8,12-13H. The number of hydrogen-bond acceptors (Lipinski definition) is 4. The number of nitriles is 1. The Kier molecular flexibility index (Phi) is 2.90. The second-order valence-corrected chi connectivity index (χ2v) is 2.43. The maximum Gasteiger partial charge on any atom is 0.213 e. The van der Waals surface area contributed by atoms with E-state index in [0.717, 1.165) is 12.3 Å². The van der Waals surface area contributed by atoms with Crippen LogP contribution in [-0.2, 0) is 0 Å². The van der Waals surface area contributed by atoms with Gasteiger partial charge in [0.05, 0.1) is 6.07 Å². The van der Waals surface area contributed by atoms with Crippen molar-refractivity contribution in [1.29, 1.82) is 5.26 Å². The van der Waals surface area contributed by atoms with Crippen LogP contribution in [0.3, 0.4) is 0 Å². The Morgan fingerprint density at radius 3 is 2.77 bits per heavy atom. The summed E-state index contributed by atoms with van der Waals surface area (Å²) in [4.78, 5) is 3.27. The van der Waals surface area contributed by atoms with Gasteiger partial charge in [-0.3, -0.25) is 0 Å². The van der Waals surface area contributed by atoms with Gasteiger partial charge in [-0.25, -0.2) is 4.98 Å². The maximum atomic E-state index is 12.5. The third kappa shape index (κ3) is 2.21. The number of hydrogen-bond donors (Lipinski definition) is 2. The molecule has 4 nitrogen and oxygen atoms in total. The molecule has 5 heteroatoms. The monoisotopic (exact) mass is 182 g/mol. The molecule has 0 radical (unpaired) electrons. The van der Waals surface area contributed by atoms with Crippen LogP contribution < -0.4 is 0 Å². The van der Waals surface area contributed by atoms with Gasteiger partial charge in [-0.15, -0.1) is 0 Å². The molecule has 0 aliphatic heterocycles. The Balaban J connectivity index is 2.90. The highest BCUT2D eigenvalue weighted by molar-refractivity contribution is 5.17. The second-order valence-electron chi connectivity index (χ2n) is 2.43. The fraction of sp³-hybridized carbons (Fsp3) is 0.250. The highest BCUT2D eigenvalue weighted by atomic mass is 19.1. The molecule has 0 aromatic carbocycles. The smallest absolute Gasteiger partial charge is 0.213 e. The summed E-state index contributed by atoms with van der Waals surface area (Å²) < 4.78 is 12.5. The summed E-state index contributed by atoms with van der Waals surface area (Å²) in [7, 11) is 0. The predicted molar refractivity (Wildman–Crippen MR) is 40.8 cm³/mol. The number of halogens is 1. The summed E-state index contributed by atoms with van der Waals surface area (Å²) in [5.41, 5.74) is 0.126. The number of pyridine rings is 1. The normalized spacial score (nSPS) is 14.6. The Labute approximate surface area is 73.9 Å². The number of aliphatic hydroxyl groups excluding tert-OH is 2. The quantitative estimate of drug-likeness (QED) is 0.503. The van der Waals surface area contributed by atoms with Crippen molar-refractivity contribution >= 4 is 0 Å². The van der Waals surface area contributed by atoms with Crippen molar-refractivity contribution in [3.8, 4) is 6.07 Å². The molecule has 0 aliphatic rings. The van der Waals surface area contributed by atoms with Crippen LogP contribution in [0.1, 0.15) is 11.7 Å². The third-order valence-corrected chi connectivity index (χ3v) is 1.52. The minimum Gasteiger partial charge on any atom is -0.385 e. The van der Waals surface area contributed by atoms with Crippen molar-refractivity contribution in [3.05, 3.63) is 29.8 Å². The molecule has 0 saturated carbocycles. The van der Waals surface area contributed by atoms with E-state index in [1.807, 2.05) is 0 Å². The molecule has 0 amide bonds. The first-order valence-electron chi connectivity index (χ1n) is 3.52. The van der Waals surface area contributed by atoms with Gasteiger partial charge in [0.15, 0.2) is 6.10 Å². The van der Waals surface area contributed by atoms with Gasteiger partial charge in [-0.05, 0) is 17.7 Å². The van der Waals surface area contributed by atoms with E-state index in [9.17, 15) is 9.50 Å². The van der Waals surface area contributed by atoms with Crippen molar-refractivity contribution in [3.63, 3.8) is 0 Å². The average molecular weight is 182 g/mol. The molecule has 0 aliphatic carbocycles. The highest BCUT2D eigenvalue weighted by Gasteiger charge is 2.17. The number of aliphatic hydroxyl groups is 2. The van der Waals surface area contributed by atoms with Crippen molar-refractivity contribution in [2.45, 2.75) is 12.2 Å². The van der Waals surface area contributed by atoms with E-state index in [-0.39, 0.29) is 5.56 Å². The molecule has 1 rings (SSSR count). The molecule has 2 N–H and O–H groups in total. The Morgan fingerprint density at radius 1 is 1.54 bits per heavy atom. The van der Waals surface area contributed by atoms with E-state index in [1.165, 1.54) is 12.1 Å². The number of aromatic nitrogens is 1. The fourth-order valence-electron chi connectivity index (χ4n) is 0.854. The van der Waals surface area contributed by atoms with Gasteiger partial charge in [-0.2, -0.15) is 9.65 Å². The zero-order chi connectivity index (χ0) is 9.84. The van der Waals surface area contributed by atoms with E-state index in [1.54, 1.807) is 0 Å². The van der Waals surface area contributed by atoms with Gasteiger partial charge in [0, 0.05) is 6.20 Å². The van der Waals surface area contributed by atoms with Crippen LogP contribution in [0.4, 0.5) is 4.39 Å². The summed E-state index contributed by atoms with van der Waals surface area (Å²) in [6.45, 7) is 0. The zero-order valence-electron chi connectivity index (χ0n) is 6.55. The Morgan fingerprint density at radius 2 is 2.23 bits per heavy atom. The van der Waals surface area contributed by atoms with Crippen LogP contribution in [0.25, 0.3) is 0 Å². The minimum atomic E-state index is -1.55. The summed E-state index contributed by atoms with van der Waals surface area (Å²) >= 11 is 0. The Hall–Kier alpha value is -1.51. The van der Waals surface area contributed by atoms with Crippen molar-refractivity contribution in [2.24, 2.45) is 0 Å². The van der Waals surface area contributed by atoms with E-state index in [0.29, 0.717) is 0 Å². The van der Waals surface area contributed by atoms with Gasteiger partial charge in [0.2, 0.25) is 5.95 Å². The van der Waals surface area contributed by atoms with E-state index < -0.39 is 18.2 Å².